The molecule has 1 N–H and O–H groups in total. The first-order chi connectivity index (χ1) is 16.1. The minimum atomic E-state index is -0.639. The first kappa shape index (κ1) is 26.3. The molecule has 1 aromatic carbocycles. The van der Waals surface area contributed by atoms with E-state index < -0.39 is 11.7 Å². The highest BCUT2D eigenvalue weighted by Crippen LogP contribution is 2.28. The Labute approximate surface area is 209 Å². The molecule has 3 rings (SSSR count). The lowest BCUT2D eigenvalue weighted by Crippen LogP contribution is -2.52. The molecule has 0 radical (unpaired) electrons. The van der Waals surface area contributed by atoms with Crippen LogP contribution in [0.2, 0.25) is 0 Å². The molecule has 188 valence electrons. The van der Waals surface area contributed by atoms with Crippen LogP contribution >= 0.6 is 15.9 Å². The van der Waals surface area contributed by atoms with E-state index in [0.717, 1.165) is 10.2 Å². The smallest absolute Gasteiger partial charge is 0.408 e. The second kappa shape index (κ2) is 11.9. The molecule has 0 unspecified atom stereocenters. The molecule has 2 fully saturated rings. The number of amides is 3. The number of carbonyl (C=O) groups excluding carboxylic acids is 3. The zero-order valence-corrected chi connectivity index (χ0v) is 21.6. The Bertz CT molecular complexity index is 869. The second-order valence-corrected chi connectivity index (χ2v) is 10.5. The molecule has 2 aliphatic rings. The van der Waals surface area contributed by atoms with Gasteiger partial charge in [0.15, 0.2) is 0 Å². The van der Waals surface area contributed by atoms with Gasteiger partial charge in [-0.3, -0.25) is 9.59 Å². The third-order valence-electron chi connectivity index (χ3n) is 5.68. The lowest BCUT2D eigenvalue weighted by Gasteiger charge is -2.39. The maximum Gasteiger partial charge on any atom is 0.408 e. The highest BCUT2D eigenvalue weighted by molar-refractivity contribution is 9.10. The minimum Gasteiger partial charge on any atom is -0.490 e. The number of nitrogens with zero attached hydrogens (tertiary/aromatic N) is 2. The Kier molecular flexibility index (Phi) is 9.18. The summed E-state index contributed by atoms with van der Waals surface area (Å²) in [7, 11) is 0. The highest BCUT2D eigenvalue weighted by Gasteiger charge is 2.35. The average molecular weight is 540 g/mol. The van der Waals surface area contributed by atoms with Crippen molar-refractivity contribution in [3.05, 3.63) is 28.7 Å². The van der Waals surface area contributed by atoms with E-state index in [1.165, 1.54) is 0 Å². The van der Waals surface area contributed by atoms with Crippen molar-refractivity contribution >= 4 is 33.8 Å². The van der Waals surface area contributed by atoms with Gasteiger partial charge in [-0.25, -0.2) is 4.79 Å². The number of morpholine rings is 1. The standard InChI is InChI=1S/C24H34BrN3O6/c1-24(2,3)34-23(31)26-15-22(30)28-8-7-20(33-19-6-4-5-18(25)14-19)17(16-28)13-21(29)27-9-11-32-12-10-27/h4-6,14,17,20H,7-13,15-16H2,1-3H3,(H,26,31)/t17-,20-/m0/s1. The van der Waals surface area contributed by atoms with Crippen LogP contribution in [0, 0.1) is 5.92 Å². The zero-order valence-electron chi connectivity index (χ0n) is 20.0. The van der Waals surface area contributed by atoms with Crippen LogP contribution in [0.4, 0.5) is 4.79 Å². The molecule has 2 atom stereocenters. The molecule has 2 aliphatic heterocycles. The molecule has 2 saturated heterocycles. The zero-order chi connectivity index (χ0) is 24.7. The van der Waals surface area contributed by atoms with Gasteiger partial charge in [-0.1, -0.05) is 22.0 Å². The molecule has 34 heavy (non-hydrogen) atoms. The van der Waals surface area contributed by atoms with E-state index in [0.29, 0.717) is 45.8 Å². The maximum absolute atomic E-state index is 13.0. The molecule has 9 nitrogen and oxygen atoms in total. The van der Waals surface area contributed by atoms with E-state index in [9.17, 15) is 14.4 Å². The summed E-state index contributed by atoms with van der Waals surface area (Å²) in [4.78, 5) is 41.2. The van der Waals surface area contributed by atoms with Crippen LogP contribution in [0.15, 0.2) is 28.7 Å². The average Bonchev–Trinajstić information content (AvgIpc) is 2.78. The number of likely N-dealkylation sites (tertiary alicyclic amines) is 1. The third-order valence-corrected chi connectivity index (χ3v) is 6.18. The van der Waals surface area contributed by atoms with E-state index in [2.05, 4.69) is 21.2 Å². The first-order valence-corrected chi connectivity index (χ1v) is 12.4. The molecule has 0 aliphatic carbocycles. The van der Waals surface area contributed by atoms with Crippen LogP contribution in [-0.2, 0) is 19.1 Å². The number of carbonyl (C=O) groups is 3. The van der Waals surface area contributed by atoms with Gasteiger partial charge in [0.1, 0.15) is 24.0 Å². The number of rotatable bonds is 6. The molecular weight excluding hydrogens is 506 g/mol. The summed E-state index contributed by atoms with van der Waals surface area (Å²) in [6.07, 6.45) is 0.0307. The highest BCUT2D eigenvalue weighted by atomic mass is 79.9. The van der Waals surface area contributed by atoms with Crippen LogP contribution in [0.5, 0.6) is 5.75 Å². The van der Waals surface area contributed by atoms with Crippen LogP contribution in [0.25, 0.3) is 0 Å². The first-order valence-electron chi connectivity index (χ1n) is 11.6. The Hall–Kier alpha value is -2.33. The number of benzene rings is 1. The maximum atomic E-state index is 13.0. The third kappa shape index (κ3) is 8.16. The van der Waals surface area contributed by atoms with Crippen molar-refractivity contribution < 1.29 is 28.6 Å². The topological polar surface area (TPSA) is 97.4 Å². The van der Waals surface area contributed by atoms with Crippen molar-refractivity contribution in [3.8, 4) is 5.75 Å². The Balaban J connectivity index is 1.63. The van der Waals surface area contributed by atoms with Gasteiger partial charge in [-0.2, -0.15) is 0 Å². The van der Waals surface area contributed by atoms with Crippen molar-refractivity contribution in [3.63, 3.8) is 0 Å². The van der Waals surface area contributed by atoms with Gasteiger partial charge < -0.3 is 29.3 Å². The Morgan fingerprint density at radius 3 is 2.53 bits per heavy atom. The van der Waals surface area contributed by atoms with Crippen molar-refractivity contribution in [2.75, 3.05) is 45.9 Å². The van der Waals surface area contributed by atoms with Gasteiger partial charge >= 0.3 is 6.09 Å². The van der Waals surface area contributed by atoms with Crippen LogP contribution in [0.1, 0.15) is 33.6 Å². The van der Waals surface area contributed by atoms with Gasteiger partial charge in [0.25, 0.3) is 0 Å². The van der Waals surface area contributed by atoms with Crippen molar-refractivity contribution in [1.29, 1.82) is 0 Å². The lowest BCUT2D eigenvalue weighted by molar-refractivity contribution is -0.141. The van der Waals surface area contributed by atoms with Gasteiger partial charge in [0, 0.05) is 49.4 Å². The Morgan fingerprint density at radius 2 is 1.85 bits per heavy atom. The minimum absolute atomic E-state index is 0.0392. The van der Waals surface area contributed by atoms with E-state index in [-0.39, 0.29) is 36.8 Å². The van der Waals surface area contributed by atoms with Gasteiger partial charge in [-0.05, 0) is 39.0 Å². The fraction of sp³-hybridized carbons (Fsp3) is 0.625. The van der Waals surface area contributed by atoms with Crippen molar-refractivity contribution in [1.82, 2.24) is 15.1 Å². The SMILES string of the molecule is CC(C)(C)OC(=O)NCC(=O)N1CC[C@H](Oc2cccc(Br)c2)[C@@H](CC(=O)N2CCOCC2)C1. The number of halogens is 1. The van der Waals surface area contributed by atoms with Crippen LogP contribution in [0.3, 0.4) is 0 Å². The summed E-state index contributed by atoms with van der Waals surface area (Å²) in [5.41, 5.74) is -0.639. The van der Waals surface area contributed by atoms with E-state index in [4.69, 9.17) is 14.2 Å². The van der Waals surface area contributed by atoms with E-state index in [1.54, 1.807) is 25.7 Å². The summed E-state index contributed by atoms with van der Waals surface area (Å²) >= 11 is 3.46. The number of hydrogen-bond donors (Lipinski definition) is 1. The predicted octanol–water partition coefficient (Wildman–Crippen LogP) is 2.82. The number of nitrogens with one attached hydrogen (secondary N) is 1. The van der Waals surface area contributed by atoms with Crippen molar-refractivity contribution in [2.24, 2.45) is 5.92 Å². The van der Waals surface area contributed by atoms with Gasteiger partial charge in [0.05, 0.1) is 13.2 Å². The molecule has 0 bridgehead atoms. The Morgan fingerprint density at radius 1 is 1.12 bits per heavy atom. The normalized spacial score (nSPS) is 21.1. The van der Waals surface area contributed by atoms with Gasteiger partial charge in [-0.15, -0.1) is 0 Å². The van der Waals surface area contributed by atoms with Crippen LogP contribution < -0.4 is 10.1 Å². The summed E-state index contributed by atoms with van der Waals surface area (Å²) in [6, 6.07) is 7.59. The molecule has 10 heteroatoms. The van der Waals surface area contributed by atoms with E-state index >= 15 is 0 Å². The molecule has 0 aromatic heterocycles. The molecule has 3 amide bonds. The molecule has 0 saturated carbocycles. The largest absolute Gasteiger partial charge is 0.490 e. The summed E-state index contributed by atoms with van der Waals surface area (Å²) in [5.74, 6) is 0.371. The quantitative estimate of drug-likeness (QED) is 0.596. The van der Waals surface area contributed by atoms with Gasteiger partial charge in [0.2, 0.25) is 11.8 Å². The summed E-state index contributed by atoms with van der Waals surface area (Å²) in [6.45, 7) is 8.22. The van der Waals surface area contributed by atoms with Crippen molar-refractivity contribution in [2.45, 2.75) is 45.3 Å². The molecular formula is C24H34BrN3O6. The fourth-order valence-corrected chi connectivity index (χ4v) is 4.42. The summed E-state index contributed by atoms with van der Waals surface area (Å²) in [5, 5.41) is 2.52. The number of alkyl carbamates (subject to hydrolysis) is 1. The lowest BCUT2D eigenvalue weighted by atomic mass is 9.90. The molecule has 2 heterocycles. The molecule has 0 spiro atoms. The molecule has 1 aromatic rings. The number of hydrogen-bond acceptors (Lipinski definition) is 6. The fourth-order valence-electron chi connectivity index (χ4n) is 4.04. The predicted molar refractivity (Wildman–Crippen MR) is 129 cm³/mol. The number of piperidine rings is 1. The van der Waals surface area contributed by atoms with E-state index in [1.807, 2.05) is 29.2 Å². The monoisotopic (exact) mass is 539 g/mol. The summed E-state index contributed by atoms with van der Waals surface area (Å²) < 4.78 is 17.7. The second-order valence-electron chi connectivity index (χ2n) is 9.55. The van der Waals surface area contributed by atoms with Crippen LogP contribution in [-0.4, -0.2) is 85.3 Å². The number of ether oxygens (including phenoxy) is 3.